The van der Waals surface area contributed by atoms with Crippen molar-refractivity contribution in [3.63, 3.8) is 0 Å². The Morgan fingerprint density at radius 1 is 1.16 bits per heavy atom. The number of benzene rings is 3. The summed E-state index contributed by atoms with van der Waals surface area (Å²) in [5, 5.41) is 18.5. The van der Waals surface area contributed by atoms with E-state index in [1.165, 1.54) is 6.42 Å². The largest absolute Gasteiger partial charge is 0.508 e. The number of phenolic OH excluding ortho intramolecular Hbond substituents is 1. The Hall–Kier alpha value is -3.77. The van der Waals surface area contributed by atoms with Gasteiger partial charge in [0.05, 0.1) is 17.1 Å². The van der Waals surface area contributed by atoms with E-state index in [0.717, 1.165) is 69.2 Å². The highest BCUT2D eigenvalue weighted by atomic mass is 16.5. The molecule has 0 amide bonds. The number of fused-ring (bicyclic) bond motifs is 3. The minimum atomic E-state index is -0.339. The van der Waals surface area contributed by atoms with E-state index in [1.807, 2.05) is 36.5 Å². The van der Waals surface area contributed by atoms with E-state index in [0.29, 0.717) is 12.6 Å². The first kappa shape index (κ1) is 23.6. The summed E-state index contributed by atoms with van der Waals surface area (Å²) in [6, 6.07) is 20.1. The summed E-state index contributed by atoms with van der Waals surface area (Å²) >= 11 is 0. The number of likely N-dealkylation sites (tertiary alicyclic amines) is 1. The third-order valence-electron chi connectivity index (χ3n) is 7.79. The topological polar surface area (TPSA) is 70.6 Å². The number of rotatable bonds is 6. The van der Waals surface area contributed by atoms with Gasteiger partial charge in [-0.05, 0) is 85.8 Å². The van der Waals surface area contributed by atoms with E-state index in [2.05, 4.69) is 54.1 Å². The molecule has 0 radical (unpaired) electrons. The van der Waals surface area contributed by atoms with Crippen LogP contribution in [0.25, 0.3) is 22.0 Å². The predicted molar refractivity (Wildman–Crippen MR) is 147 cm³/mol. The number of hydrogen-bond acceptors (Lipinski definition) is 5. The van der Waals surface area contributed by atoms with Crippen LogP contribution in [-0.2, 0) is 0 Å². The smallest absolute Gasteiger partial charge is 0.150 e. The van der Waals surface area contributed by atoms with Crippen molar-refractivity contribution >= 4 is 22.0 Å². The summed E-state index contributed by atoms with van der Waals surface area (Å²) < 4.78 is 12.9. The van der Waals surface area contributed by atoms with Crippen LogP contribution >= 0.6 is 0 Å². The molecule has 3 heterocycles. The third-order valence-corrected chi connectivity index (χ3v) is 7.79. The van der Waals surface area contributed by atoms with Gasteiger partial charge in [0.15, 0.2) is 0 Å². The van der Waals surface area contributed by atoms with Crippen LogP contribution in [0.5, 0.6) is 17.2 Å². The molecule has 6 rings (SSSR count). The van der Waals surface area contributed by atoms with Crippen molar-refractivity contribution in [1.29, 1.82) is 0 Å². The number of nitrogens with one attached hydrogen (secondary N) is 1. The maximum absolute atomic E-state index is 10.2. The average molecular weight is 496 g/mol. The van der Waals surface area contributed by atoms with Crippen LogP contribution in [0.4, 0.5) is 0 Å². The Bertz CT molecular complexity index is 1460. The number of ether oxygens (including phenoxy) is 2. The molecule has 6 heteroatoms. The lowest BCUT2D eigenvalue weighted by molar-refractivity contribution is 0.169. The molecular formula is C31H33N3O3. The molecule has 4 aromatic rings. The van der Waals surface area contributed by atoms with Gasteiger partial charge in [0.2, 0.25) is 0 Å². The van der Waals surface area contributed by atoms with E-state index in [9.17, 15) is 5.11 Å². The number of phenols is 1. The second-order valence-electron chi connectivity index (χ2n) is 10.5. The van der Waals surface area contributed by atoms with Gasteiger partial charge in [-0.1, -0.05) is 31.2 Å². The van der Waals surface area contributed by atoms with Crippen molar-refractivity contribution in [3.8, 4) is 17.2 Å². The van der Waals surface area contributed by atoms with Gasteiger partial charge < -0.3 is 14.6 Å². The number of allylic oxidation sites excluding steroid dienone is 1. The fourth-order valence-corrected chi connectivity index (χ4v) is 5.64. The van der Waals surface area contributed by atoms with Crippen LogP contribution in [-0.4, -0.2) is 45.9 Å². The van der Waals surface area contributed by atoms with Crippen LogP contribution in [0.2, 0.25) is 0 Å². The maximum atomic E-state index is 10.2. The second kappa shape index (κ2) is 9.60. The highest BCUT2D eigenvalue weighted by molar-refractivity contribution is 6.00. The fraction of sp³-hybridized carbons (Fsp3) is 0.323. The highest BCUT2D eigenvalue weighted by Crippen LogP contribution is 2.49. The molecule has 190 valence electrons. The molecule has 0 aliphatic carbocycles. The highest BCUT2D eigenvalue weighted by Gasteiger charge is 2.31. The molecule has 1 saturated heterocycles. The Morgan fingerprint density at radius 2 is 2.00 bits per heavy atom. The maximum Gasteiger partial charge on any atom is 0.150 e. The Labute approximate surface area is 217 Å². The summed E-state index contributed by atoms with van der Waals surface area (Å²) in [6.07, 6.45) is 2.74. The lowest BCUT2D eigenvalue weighted by atomic mass is 9.85. The zero-order valence-electron chi connectivity index (χ0n) is 21.6. The van der Waals surface area contributed by atoms with Crippen LogP contribution in [0.15, 0.2) is 66.9 Å². The van der Waals surface area contributed by atoms with Gasteiger partial charge in [-0.15, -0.1) is 0 Å². The molecule has 1 fully saturated rings. The molecule has 37 heavy (non-hydrogen) atoms. The molecule has 2 N–H and O–H groups in total. The van der Waals surface area contributed by atoms with E-state index < -0.39 is 0 Å². The normalized spacial score (nSPS) is 20.6. The van der Waals surface area contributed by atoms with Crippen molar-refractivity contribution in [1.82, 2.24) is 15.1 Å². The Balaban J connectivity index is 1.31. The van der Waals surface area contributed by atoms with Crippen molar-refractivity contribution in [2.75, 3.05) is 19.7 Å². The van der Waals surface area contributed by atoms with Gasteiger partial charge in [0, 0.05) is 23.7 Å². The summed E-state index contributed by atoms with van der Waals surface area (Å²) in [7, 11) is 0. The first-order valence-corrected chi connectivity index (χ1v) is 13.1. The van der Waals surface area contributed by atoms with E-state index >= 15 is 0 Å². The third kappa shape index (κ3) is 4.46. The quantitative estimate of drug-likeness (QED) is 0.322. The summed E-state index contributed by atoms with van der Waals surface area (Å²) in [5.74, 6) is 2.68. The SMILES string of the molecule is CC1=C(c2cccc(O)c2)C(c2ccc(OCC(C)N3CCC(C)C3)cc2)Oc2c1ccc1[nH]ncc21. The molecule has 2 aliphatic heterocycles. The molecule has 0 bridgehead atoms. The fourth-order valence-electron chi connectivity index (χ4n) is 5.64. The number of nitrogens with zero attached hydrogens (tertiary/aromatic N) is 2. The van der Waals surface area contributed by atoms with Gasteiger partial charge in [-0.25, -0.2) is 0 Å². The van der Waals surface area contributed by atoms with Crippen molar-refractivity contribution in [3.05, 3.63) is 83.6 Å². The standard InChI is InChI=1S/C31H33N3O3/c1-19-13-14-34(17-19)20(2)18-36-25-9-7-22(8-10-25)30-29(23-5-4-6-24(35)15-23)21(3)26-11-12-28-27(16-32-33-28)31(26)37-30/h4-12,15-16,19-20,30,35H,13-14,17-18H2,1-3H3,(H,32,33). The first-order valence-electron chi connectivity index (χ1n) is 13.1. The van der Waals surface area contributed by atoms with Gasteiger partial charge in [-0.3, -0.25) is 10.00 Å². The lowest BCUT2D eigenvalue weighted by Crippen LogP contribution is -2.35. The molecule has 3 unspecified atom stereocenters. The molecule has 3 atom stereocenters. The van der Waals surface area contributed by atoms with Crippen molar-refractivity contribution < 1.29 is 14.6 Å². The first-order chi connectivity index (χ1) is 18.0. The van der Waals surface area contributed by atoms with Crippen LogP contribution < -0.4 is 9.47 Å². The van der Waals surface area contributed by atoms with E-state index in [-0.39, 0.29) is 11.9 Å². The van der Waals surface area contributed by atoms with E-state index in [1.54, 1.807) is 12.1 Å². The zero-order chi connectivity index (χ0) is 25.5. The summed E-state index contributed by atoms with van der Waals surface area (Å²) in [4.78, 5) is 2.51. The number of H-pyrrole nitrogens is 1. The minimum absolute atomic E-state index is 0.234. The minimum Gasteiger partial charge on any atom is -0.508 e. The molecule has 0 spiro atoms. The van der Waals surface area contributed by atoms with Crippen LogP contribution in [0, 0.1) is 5.92 Å². The average Bonchev–Trinajstić information content (AvgIpc) is 3.57. The molecule has 3 aromatic carbocycles. The summed E-state index contributed by atoms with van der Waals surface area (Å²) in [5.41, 5.74) is 6.10. The number of aromatic hydroxyl groups is 1. The van der Waals surface area contributed by atoms with Crippen LogP contribution in [0.1, 0.15) is 50.0 Å². The molecule has 0 saturated carbocycles. The molecule has 6 nitrogen and oxygen atoms in total. The monoisotopic (exact) mass is 495 g/mol. The zero-order valence-corrected chi connectivity index (χ0v) is 21.6. The number of hydrogen-bond donors (Lipinski definition) is 2. The Morgan fingerprint density at radius 3 is 2.76 bits per heavy atom. The lowest BCUT2D eigenvalue weighted by Gasteiger charge is -2.31. The Kier molecular flexibility index (Phi) is 6.13. The molecule has 2 aliphatic rings. The summed E-state index contributed by atoms with van der Waals surface area (Å²) in [6.45, 7) is 9.65. The van der Waals surface area contributed by atoms with Gasteiger partial charge in [-0.2, -0.15) is 5.10 Å². The van der Waals surface area contributed by atoms with Gasteiger partial charge >= 0.3 is 0 Å². The van der Waals surface area contributed by atoms with Crippen molar-refractivity contribution in [2.24, 2.45) is 5.92 Å². The number of aromatic amines is 1. The van der Waals surface area contributed by atoms with Crippen LogP contribution in [0.3, 0.4) is 0 Å². The predicted octanol–water partition coefficient (Wildman–Crippen LogP) is 6.44. The molecule has 1 aromatic heterocycles. The van der Waals surface area contributed by atoms with E-state index in [4.69, 9.17) is 9.47 Å². The second-order valence-corrected chi connectivity index (χ2v) is 10.5. The number of aromatic nitrogens is 2. The van der Waals surface area contributed by atoms with Crippen molar-refractivity contribution in [2.45, 2.75) is 39.3 Å². The van der Waals surface area contributed by atoms with Gasteiger partial charge in [0.25, 0.3) is 0 Å². The van der Waals surface area contributed by atoms with Gasteiger partial charge in [0.1, 0.15) is 30.0 Å². The molecular weight excluding hydrogens is 462 g/mol.